The minimum absolute atomic E-state index is 0.0112. The summed E-state index contributed by atoms with van der Waals surface area (Å²) in [6, 6.07) is 19.7. The topological polar surface area (TPSA) is 67.2 Å². The van der Waals surface area contributed by atoms with Gasteiger partial charge in [-0.1, -0.05) is 48.0 Å². The predicted molar refractivity (Wildman–Crippen MR) is 134 cm³/mol. The van der Waals surface area contributed by atoms with Gasteiger partial charge in [0.1, 0.15) is 4.70 Å². The molecule has 1 N–H and O–H groups in total. The number of aryl methyl sites for hydroxylation is 1. The molecule has 1 fully saturated rings. The van der Waals surface area contributed by atoms with E-state index < -0.39 is 0 Å². The highest BCUT2D eigenvalue weighted by Gasteiger charge is 2.29. The van der Waals surface area contributed by atoms with Crippen molar-refractivity contribution in [1.82, 2.24) is 9.55 Å². The number of hydrogen-bond acceptors (Lipinski definition) is 5. The number of hydrogen-bond donors (Lipinski definition) is 1. The maximum Gasteiger partial charge on any atom is 0.273 e. The summed E-state index contributed by atoms with van der Waals surface area (Å²) in [5.74, 6) is 0.486. The number of thiophene rings is 1. The summed E-state index contributed by atoms with van der Waals surface area (Å²) in [5.41, 5.74) is 3.70. The lowest BCUT2D eigenvalue weighted by atomic mass is 9.97. The number of rotatable bonds is 5. The maximum absolute atomic E-state index is 13.4. The number of nitrogens with zero attached hydrogens (tertiary/aromatic N) is 3. The van der Waals surface area contributed by atoms with Crippen molar-refractivity contribution in [2.24, 2.45) is 5.92 Å². The van der Waals surface area contributed by atoms with Crippen LogP contribution in [0.1, 0.15) is 24.0 Å². The van der Waals surface area contributed by atoms with Crippen molar-refractivity contribution in [3.63, 3.8) is 0 Å². The van der Waals surface area contributed by atoms with Crippen molar-refractivity contribution in [2.75, 3.05) is 23.3 Å². The molecule has 0 aliphatic carbocycles. The molecule has 7 heteroatoms. The Bertz CT molecular complexity index is 1330. The van der Waals surface area contributed by atoms with Gasteiger partial charge in [0.05, 0.1) is 18.0 Å². The Morgan fingerprint density at radius 1 is 1.12 bits per heavy atom. The molecule has 2 aromatic carbocycles. The van der Waals surface area contributed by atoms with Crippen molar-refractivity contribution >= 4 is 39.1 Å². The summed E-state index contributed by atoms with van der Waals surface area (Å²) in [4.78, 5) is 33.4. The van der Waals surface area contributed by atoms with Gasteiger partial charge in [-0.3, -0.25) is 14.2 Å². The van der Waals surface area contributed by atoms with E-state index in [1.807, 2.05) is 73.0 Å². The summed E-state index contributed by atoms with van der Waals surface area (Å²) in [6.45, 7) is 3.78. The van der Waals surface area contributed by atoms with Crippen molar-refractivity contribution in [2.45, 2.75) is 26.3 Å². The molecule has 3 heterocycles. The van der Waals surface area contributed by atoms with Gasteiger partial charge in [-0.15, -0.1) is 11.3 Å². The number of anilines is 2. The largest absolute Gasteiger partial charge is 0.341 e. The van der Waals surface area contributed by atoms with Gasteiger partial charge >= 0.3 is 0 Å². The van der Waals surface area contributed by atoms with E-state index in [0.29, 0.717) is 23.7 Å². The zero-order valence-electron chi connectivity index (χ0n) is 18.5. The Kier molecular flexibility index (Phi) is 5.96. The third-order valence-corrected chi connectivity index (χ3v) is 7.01. The number of carbonyl (C=O) groups excluding carboxylic acids is 1. The summed E-state index contributed by atoms with van der Waals surface area (Å²) >= 11 is 1.42. The predicted octanol–water partition coefficient (Wildman–Crippen LogP) is 4.67. The number of nitrogens with one attached hydrogen (secondary N) is 1. The standard InChI is InChI=1S/C26H26N4O2S/c1-18-9-11-21(12-10-18)27-24(31)20-8-5-14-29(17-20)26-28-22-13-15-33-23(22)25(32)30(26)16-19-6-3-2-4-7-19/h2-4,6-7,9-13,15,20H,5,8,14,16-17H2,1H3,(H,27,31)/t20-/m0/s1. The van der Waals surface area contributed by atoms with Crippen molar-refractivity contribution in [3.8, 4) is 0 Å². The summed E-state index contributed by atoms with van der Waals surface area (Å²) in [7, 11) is 0. The Labute approximate surface area is 196 Å². The monoisotopic (exact) mass is 458 g/mol. The van der Waals surface area contributed by atoms with E-state index in [1.54, 1.807) is 4.57 Å². The van der Waals surface area contributed by atoms with Gasteiger partial charge in [0, 0.05) is 18.8 Å². The fourth-order valence-electron chi connectivity index (χ4n) is 4.34. The van der Waals surface area contributed by atoms with Crippen molar-refractivity contribution in [1.29, 1.82) is 0 Å². The summed E-state index contributed by atoms with van der Waals surface area (Å²) < 4.78 is 2.43. The van der Waals surface area contributed by atoms with Gasteiger partial charge < -0.3 is 10.2 Å². The SMILES string of the molecule is Cc1ccc(NC(=O)[C@H]2CCCN(c3nc4ccsc4c(=O)n3Cc3ccccc3)C2)cc1. The van der Waals surface area contributed by atoms with E-state index in [4.69, 9.17) is 4.98 Å². The van der Waals surface area contributed by atoms with Crippen LogP contribution >= 0.6 is 11.3 Å². The number of piperidine rings is 1. The molecule has 0 spiro atoms. The van der Waals surface area contributed by atoms with E-state index in [2.05, 4.69) is 10.2 Å². The minimum atomic E-state index is -0.166. The quantitative estimate of drug-likeness (QED) is 0.472. The summed E-state index contributed by atoms with van der Waals surface area (Å²) in [6.07, 6.45) is 1.69. The van der Waals surface area contributed by atoms with E-state index >= 15 is 0 Å². The minimum Gasteiger partial charge on any atom is -0.341 e. The molecular weight excluding hydrogens is 432 g/mol. The first-order chi connectivity index (χ1) is 16.1. The third kappa shape index (κ3) is 4.54. The molecule has 168 valence electrons. The molecule has 0 unspecified atom stereocenters. The first kappa shape index (κ1) is 21.4. The van der Waals surface area contributed by atoms with E-state index in [-0.39, 0.29) is 17.4 Å². The van der Waals surface area contributed by atoms with E-state index in [0.717, 1.165) is 41.7 Å². The van der Waals surface area contributed by atoms with Crippen LogP contribution in [0.2, 0.25) is 0 Å². The molecule has 33 heavy (non-hydrogen) atoms. The van der Waals surface area contributed by atoms with Crippen LogP contribution < -0.4 is 15.8 Å². The smallest absolute Gasteiger partial charge is 0.273 e. The van der Waals surface area contributed by atoms with Crippen molar-refractivity contribution in [3.05, 3.63) is 87.5 Å². The lowest BCUT2D eigenvalue weighted by Gasteiger charge is -2.34. The first-order valence-electron chi connectivity index (χ1n) is 11.2. The molecular formula is C26H26N4O2S. The average molecular weight is 459 g/mol. The lowest BCUT2D eigenvalue weighted by molar-refractivity contribution is -0.120. The van der Waals surface area contributed by atoms with Crippen LogP contribution in [0.5, 0.6) is 0 Å². The molecule has 2 aromatic heterocycles. The molecule has 5 rings (SSSR count). The van der Waals surface area contributed by atoms with Gasteiger partial charge in [-0.05, 0) is 48.9 Å². The maximum atomic E-state index is 13.4. The van der Waals surface area contributed by atoms with Crippen LogP contribution in [0.25, 0.3) is 10.2 Å². The molecule has 6 nitrogen and oxygen atoms in total. The van der Waals surface area contributed by atoms with Gasteiger partial charge in [0.25, 0.3) is 5.56 Å². The molecule has 1 aliphatic heterocycles. The molecule has 0 bridgehead atoms. The van der Waals surface area contributed by atoms with Gasteiger partial charge in [-0.25, -0.2) is 4.98 Å². The molecule has 1 atom stereocenters. The molecule has 1 amide bonds. The molecule has 0 radical (unpaired) electrons. The second-order valence-corrected chi connectivity index (χ2v) is 9.48. The summed E-state index contributed by atoms with van der Waals surface area (Å²) in [5, 5.41) is 4.96. The highest BCUT2D eigenvalue weighted by Crippen LogP contribution is 2.26. The van der Waals surface area contributed by atoms with Gasteiger partial charge in [0.2, 0.25) is 11.9 Å². The number of carbonyl (C=O) groups is 1. The molecule has 1 aliphatic rings. The zero-order valence-corrected chi connectivity index (χ0v) is 19.3. The molecule has 1 saturated heterocycles. The Hall–Kier alpha value is -3.45. The van der Waals surface area contributed by atoms with Crippen LogP contribution in [-0.4, -0.2) is 28.5 Å². The normalized spacial score (nSPS) is 16.2. The number of amides is 1. The first-order valence-corrected chi connectivity index (χ1v) is 12.1. The van der Waals surface area contributed by atoms with Crippen molar-refractivity contribution < 1.29 is 4.79 Å². The third-order valence-electron chi connectivity index (χ3n) is 6.12. The molecule has 4 aromatic rings. The average Bonchev–Trinajstić information content (AvgIpc) is 3.32. The fourth-order valence-corrected chi connectivity index (χ4v) is 5.11. The van der Waals surface area contributed by atoms with Gasteiger partial charge in [0.15, 0.2) is 0 Å². The van der Waals surface area contributed by atoms with E-state index in [9.17, 15) is 9.59 Å². The van der Waals surface area contributed by atoms with E-state index in [1.165, 1.54) is 11.3 Å². The lowest BCUT2D eigenvalue weighted by Crippen LogP contribution is -2.43. The van der Waals surface area contributed by atoms with Crippen LogP contribution in [0, 0.1) is 12.8 Å². The highest BCUT2D eigenvalue weighted by atomic mass is 32.1. The zero-order chi connectivity index (χ0) is 22.8. The number of aromatic nitrogens is 2. The Morgan fingerprint density at radius 2 is 1.91 bits per heavy atom. The Balaban J connectivity index is 1.44. The molecule has 0 saturated carbocycles. The fraction of sp³-hybridized carbons (Fsp3) is 0.269. The van der Waals surface area contributed by atoms with Crippen LogP contribution in [-0.2, 0) is 11.3 Å². The second-order valence-electron chi connectivity index (χ2n) is 8.56. The number of fused-ring (bicyclic) bond motifs is 1. The van der Waals surface area contributed by atoms with Gasteiger partial charge in [-0.2, -0.15) is 0 Å². The van der Waals surface area contributed by atoms with Crippen LogP contribution in [0.3, 0.4) is 0 Å². The number of benzene rings is 2. The van der Waals surface area contributed by atoms with Crippen LogP contribution in [0.4, 0.5) is 11.6 Å². The van der Waals surface area contributed by atoms with Crippen LogP contribution in [0.15, 0.2) is 70.8 Å². The highest BCUT2D eigenvalue weighted by molar-refractivity contribution is 7.17. The second kappa shape index (κ2) is 9.19. The Morgan fingerprint density at radius 3 is 2.70 bits per heavy atom.